The molecule has 1 aliphatic carbocycles. The number of carbonyl (C=O) groups is 2. The molecule has 0 radical (unpaired) electrons. The molecule has 1 aromatic carbocycles. The fraction of sp³-hybridized carbons (Fsp3) is 0.542. The quantitative estimate of drug-likeness (QED) is 0.777. The first-order valence-corrected chi connectivity index (χ1v) is 12.2. The number of likely N-dealkylation sites (tertiary alicyclic amines) is 2. The van der Waals surface area contributed by atoms with Crippen molar-refractivity contribution in [2.75, 3.05) is 26.2 Å². The van der Waals surface area contributed by atoms with Crippen LogP contribution >= 0.6 is 11.3 Å². The van der Waals surface area contributed by atoms with Crippen molar-refractivity contribution in [1.82, 2.24) is 14.8 Å². The lowest BCUT2D eigenvalue weighted by molar-refractivity contribution is -0.156. The number of aliphatic hydroxyl groups excluding tert-OH is 1. The zero-order chi connectivity index (χ0) is 21.4. The maximum atomic E-state index is 13.2. The third kappa shape index (κ3) is 4.39. The minimum Gasteiger partial charge on any atom is -0.391 e. The molecule has 1 unspecified atom stereocenters. The van der Waals surface area contributed by atoms with Gasteiger partial charge in [0.2, 0.25) is 5.91 Å². The van der Waals surface area contributed by atoms with E-state index in [2.05, 4.69) is 17.1 Å². The van der Waals surface area contributed by atoms with Crippen LogP contribution < -0.4 is 0 Å². The molecule has 1 aromatic heterocycles. The van der Waals surface area contributed by atoms with Gasteiger partial charge in [-0.05, 0) is 43.6 Å². The van der Waals surface area contributed by atoms with Gasteiger partial charge in [0.15, 0.2) is 0 Å². The lowest BCUT2D eigenvalue weighted by Gasteiger charge is -2.47. The lowest BCUT2D eigenvalue weighted by Crippen LogP contribution is -2.58. The van der Waals surface area contributed by atoms with Crippen LogP contribution in [0.4, 0.5) is 0 Å². The second kappa shape index (κ2) is 8.36. The molecule has 31 heavy (non-hydrogen) atoms. The van der Waals surface area contributed by atoms with Gasteiger partial charge in [0.05, 0.1) is 16.5 Å². The predicted octanol–water partition coefficient (Wildman–Crippen LogP) is 2.96. The van der Waals surface area contributed by atoms with Crippen molar-refractivity contribution >= 4 is 23.2 Å². The van der Waals surface area contributed by atoms with Crippen molar-refractivity contribution in [3.05, 3.63) is 52.0 Å². The van der Waals surface area contributed by atoms with E-state index in [1.807, 2.05) is 33.4 Å². The highest BCUT2D eigenvalue weighted by molar-refractivity contribution is 7.09. The van der Waals surface area contributed by atoms with Gasteiger partial charge < -0.3 is 14.9 Å². The molecule has 1 spiro atoms. The van der Waals surface area contributed by atoms with E-state index in [0.717, 1.165) is 18.0 Å². The molecule has 6 nitrogen and oxygen atoms in total. The van der Waals surface area contributed by atoms with Gasteiger partial charge in [0.1, 0.15) is 5.69 Å². The first kappa shape index (κ1) is 20.6. The fourth-order valence-electron chi connectivity index (χ4n) is 5.02. The van der Waals surface area contributed by atoms with Crippen LogP contribution in [0.1, 0.15) is 53.2 Å². The number of carbonyl (C=O) groups excluding carboxylic acids is 2. The summed E-state index contributed by atoms with van der Waals surface area (Å²) >= 11 is 1.52. The summed E-state index contributed by atoms with van der Waals surface area (Å²) in [4.78, 5) is 34.6. The Morgan fingerprint density at radius 2 is 1.94 bits per heavy atom. The second-order valence-corrected chi connectivity index (χ2v) is 10.3. The summed E-state index contributed by atoms with van der Waals surface area (Å²) in [5, 5.41) is 13.2. The zero-order valence-corrected chi connectivity index (χ0v) is 18.5. The average Bonchev–Trinajstić information content (AvgIpc) is 3.47. The van der Waals surface area contributed by atoms with E-state index in [1.165, 1.54) is 29.7 Å². The monoisotopic (exact) mass is 439 g/mol. The molecule has 0 bridgehead atoms. The maximum Gasteiger partial charge on any atom is 0.273 e. The molecule has 3 heterocycles. The van der Waals surface area contributed by atoms with Crippen LogP contribution in [0.5, 0.6) is 0 Å². The molecule has 7 heteroatoms. The van der Waals surface area contributed by atoms with E-state index in [4.69, 9.17) is 0 Å². The van der Waals surface area contributed by atoms with E-state index in [-0.39, 0.29) is 11.8 Å². The van der Waals surface area contributed by atoms with Crippen molar-refractivity contribution in [3.8, 4) is 0 Å². The molecule has 164 valence electrons. The average molecular weight is 440 g/mol. The number of nitrogens with zero attached hydrogens (tertiary/aromatic N) is 3. The topological polar surface area (TPSA) is 73.7 Å². The second-order valence-electron chi connectivity index (χ2n) is 9.37. The molecular weight excluding hydrogens is 410 g/mol. The van der Waals surface area contributed by atoms with Crippen LogP contribution in [0.3, 0.4) is 0 Å². The molecule has 2 saturated heterocycles. The number of amides is 2. The molecule has 1 N–H and O–H groups in total. The summed E-state index contributed by atoms with van der Waals surface area (Å²) in [5.74, 6) is 0.752. The van der Waals surface area contributed by atoms with E-state index < -0.39 is 11.5 Å². The summed E-state index contributed by atoms with van der Waals surface area (Å²) in [6, 6.07) is 10.1. The first-order valence-electron chi connectivity index (χ1n) is 11.3. The molecule has 3 fully saturated rings. The van der Waals surface area contributed by atoms with Gasteiger partial charge in [0.25, 0.3) is 5.91 Å². The normalized spacial score (nSPS) is 23.4. The Morgan fingerprint density at radius 3 is 2.65 bits per heavy atom. The number of rotatable bonds is 5. The number of hydrogen-bond acceptors (Lipinski definition) is 5. The predicted molar refractivity (Wildman–Crippen MR) is 119 cm³/mol. The Hall–Kier alpha value is -2.25. The highest BCUT2D eigenvalue weighted by Gasteiger charge is 2.49. The number of hydrogen-bond donors (Lipinski definition) is 1. The molecule has 2 amide bonds. The van der Waals surface area contributed by atoms with Crippen molar-refractivity contribution in [1.29, 1.82) is 0 Å². The van der Waals surface area contributed by atoms with Crippen molar-refractivity contribution in [3.63, 3.8) is 0 Å². The summed E-state index contributed by atoms with van der Waals surface area (Å²) in [6.45, 7) is 2.33. The van der Waals surface area contributed by atoms with Gasteiger partial charge in [-0.3, -0.25) is 9.59 Å². The Bertz CT molecular complexity index is 946. The van der Waals surface area contributed by atoms with Gasteiger partial charge in [-0.2, -0.15) is 0 Å². The summed E-state index contributed by atoms with van der Waals surface area (Å²) < 4.78 is 0. The van der Waals surface area contributed by atoms with Gasteiger partial charge in [0, 0.05) is 38.0 Å². The number of aromatic nitrogens is 1. The zero-order valence-electron chi connectivity index (χ0n) is 17.7. The van der Waals surface area contributed by atoms with E-state index >= 15 is 0 Å². The Labute approximate surface area is 186 Å². The molecular formula is C24H29N3O3S. The Balaban J connectivity index is 1.22. The highest BCUT2D eigenvalue weighted by atomic mass is 32.1. The Morgan fingerprint density at radius 1 is 1.19 bits per heavy atom. The smallest absolute Gasteiger partial charge is 0.273 e. The molecule has 1 atom stereocenters. The highest BCUT2D eigenvalue weighted by Crippen LogP contribution is 2.42. The fourth-order valence-corrected chi connectivity index (χ4v) is 5.83. The van der Waals surface area contributed by atoms with Crippen molar-refractivity contribution < 1.29 is 14.7 Å². The minimum atomic E-state index is -0.510. The number of piperidine rings is 2. The third-order valence-corrected chi connectivity index (χ3v) is 7.80. The van der Waals surface area contributed by atoms with Gasteiger partial charge in [-0.15, -0.1) is 11.3 Å². The van der Waals surface area contributed by atoms with Crippen LogP contribution in [-0.4, -0.2) is 64.0 Å². The van der Waals surface area contributed by atoms with E-state index in [9.17, 15) is 14.7 Å². The standard InChI is InChI=1S/C24H29N3O3S/c28-19-13-24(23(30)27(15-19)14-18-6-7-18)8-10-26(11-9-24)22(29)20-16-31-21(25-20)12-17-4-2-1-3-5-17/h1-5,16,18-19,28H,6-15H2. The van der Waals surface area contributed by atoms with Crippen molar-refractivity contribution in [2.24, 2.45) is 11.3 Å². The lowest BCUT2D eigenvalue weighted by atomic mass is 9.70. The number of β-amino-alcohol motifs (C(OH)–C–C–N with tert-alkyl or cyclic N) is 1. The molecule has 3 aliphatic rings. The summed E-state index contributed by atoms with van der Waals surface area (Å²) in [6.07, 6.45) is 4.41. The summed E-state index contributed by atoms with van der Waals surface area (Å²) in [7, 11) is 0. The first-order chi connectivity index (χ1) is 15.0. The van der Waals surface area contributed by atoms with Gasteiger partial charge in [-0.1, -0.05) is 30.3 Å². The number of aliphatic hydroxyl groups is 1. The Kier molecular flexibility index (Phi) is 5.56. The van der Waals surface area contributed by atoms with Crippen LogP contribution in [0.25, 0.3) is 0 Å². The maximum absolute atomic E-state index is 13.2. The largest absolute Gasteiger partial charge is 0.391 e. The van der Waals surface area contributed by atoms with E-state index in [0.29, 0.717) is 50.5 Å². The minimum absolute atomic E-state index is 0.0518. The molecule has 1 saturated carbocycles. The van der Waals surface area contributed by atoms with Crippen LogP contribution in [0.2, 0.25) is 0 Å². The SMILES string of the molecule is O=C(c1csc(Cc2ccccc2)n1)N1CCC2(CC1)CC(O)CN(CC1CC1)C2=O. The molecule has 5 rings (SSSR count). The van der Waals surface area contributed by atoms with E-state index in [1.54, 1.807) is 0 Å². The van der Waals surface area contributed by atoms with Crippen LogP contribution in [-0.2, 0) is 11.2 Å². The molecule has 2 aliphatic heterocycles. The number of benzene rings is 1. The van der Waals surface area contributed by atoms with Gasteiger partial charge >= 0.3 is 0 Å². The van der Waals surface area contributed by atoms with Crippen molar-refractivity contribution in [2.45, 2.75) is 44.6 Å². The third-order valence-electron chi connectivity index (χ3n) is 6.95. The number of thiazole rings is 1. The van der Waals surface area contributed by atoms with Gasteiger partial charge in [-0.25, -0.2) is 4.98 Å². The summed E-state index contributed by atoms with van der Waals surface area (Å²) in [5.41, 5.74) is 1.17. The molecule has 2 aromatic rings. The van der Waals surface area contributed by atoms with Crippen LogP contribution in [0, 0.1) is 11.3 Å². The van der Waals surface area contributed by atoms with Crippen LogP contribution in [0.15, 0.2) is 35.7 Å².